The Hall–Kier alpha value is -3.04. The van der Waals surface area contributed by atoms with Crippen molar-refractivity contribution in [3.05, 3.63) is 42.0 Å². The molecule has 2 fully saturated rings. The van der Waals surface area contributed by atoms with E-state index in [2.05, 4.69) is 34.2 Å². The van der Waals surface area contributed by atoms with E-state index in [9.17, 15) is 9.59 Å². The number of aryl methyl sites for hydroxylation is 1. The number of hydrogen-bond acceptors (Lipinski definition) is 7. The Morgan fingerprint density at radius 1 is 1.09 bits per heavy atom. The fourth-order valence-electron chi connectivity index (χ4n) is 4.32. The molecule has 0 aliphatic carbocycles. The average molecular weight is 468 g/mol. The van der Waals surface area contributed by atoms with Gasteiger partial charge in [0.1, 0.15) is 6.61 Å². The van der Waals surface area contributed by atoms with Crippen LogP contribution in [0.1, 0.15) is 18.4 Å². The minimum atomic E-state index is -0.186. The van der Waals surface area contributed by atoms with E-state index >= 15 is 0 Å². The van der Waals surface area contributed by atoms with Crippen LogP contribution in [0.5, 0.6) is 0 Å². The van der Waals surface area contributed by atoms with Gasteiger partial charge in [0.05, 0.1) is 18.3 Å². The van der Waals surface area contributed by atoms with Gasteiger partial charge in [0.25, 0.3) is 0 Å². The predicted molar refractivity (Wildman–Crippen MR) is 128 cm³/mol. The van der Waals surface area contributed by atoms with Crippen molar-refractivity contribution in [3.63, 3.8) is 0 Å². The summed E-state index contributed by atoms with van der Waals surface area (Å²) < 4.78 is 10.7. The van der Waals surface area contributed by atoms with E-state index in [1.165, 1.54) is 12.7 Å². The zero-order valence-electron chi connectivity index (χ0n) is 20.0. The number of piperazine rings is 1. The van der Waals surface area contributed by atoms with Crippen LogP contribution in [0.2, 0.25) is 0 Å². The van der Waals surface area contributed by atoms with Gasteiger partial charge in [0.15, 0.2) is 5.82 Å². The van der Waals surface area contributed by atoms with E-state index in [0.29, 0.717) is 39.3 Å². The van der Waals surface area contributed by atoms with Crippen LogP contribution >= 0.6 is 0 Å². The number of carbonyl (C=O) groups excluding carboxylic acids is 2. The lowest BCUT2D eigenvalue weighted by Crippen LogP contribution is -2.53. The maximum atomic E-state index is 13.0. The van der Waals surface area contributed by atoms with Crippen molar-refractivity contribution < 1.29 is 19.1 Å². The zero-order chi connectivity index (χ0) is 23.9. The summed E-state index contributed by atoms with van der Waals surface area (Å²) >= 11 is 0. The molecule has 3 heterocycles. The van der Waals surface area contributed by atoms with E-state index in [-0.39, 0.29) is 31.1 Å². The van der Waals surface area contributed by atoms with E-state index in [4.69, 9.17) is 9.47 Å². The molecule has 0 radical (unpaired) electrons. The number of anilines is 1. The number of ether oxygens (including phenoxy) is 2. The Labute approximate surface area is 200 Å². The van der Waals surface area contributed by atoms with Crippen molar-refractivity contribution in [3.8, 4) is 11.3 Å². The maximum Gasteiger partial charge on any atom is 0.249 e. The molecule has 2 aliphatic rings. The van der Waals surface area contributed by atoms with Crippen LogP contribution < -0.4 is 4.90 Å². The molecule has 1 atom stereocenters. The first kappa shape index (κ1) is 24.1. The van der Waals surface area contributed by atoms with Gasteiger partial charge in [-0.1, -0.05) is 29.8 Å². The molecule has 0 spiro atoms. The van der Waals surface area contributed by atoms with E-state index in [0.717, 1.165) is 29.9 Å². The lowest BCUT2D eigenvalue weighted by atomic mass is 10.1. The number of rotatable bonds is 8. The molecule has 2 aliphatic heterocycles. The van der Waals surface area contributed by atoms with Crippen LogP contribution in [0, 0.1) is 6.92 Å². The van der Waals surface area contributed by atoms with Gasteiger partial charge in [-0.2, -0.15) is 0 Å². The van der Waals surface area contributed by atoms with Gasteiger partial charge in [-0.25, -0.2) is 0 Å². The summed E-state index contributed by atoms with van der Waals surface area (Å²) in [5, 5.41) is 8.81. The average Bonchev–Trinajstić information content (AvgIpc) is 3.38. The van der Waals surface area contributed by atoms with Gasteiger partial charge < -0.3 is 24.2 Å². The number of benzene rings is 1. The fourth-order valence-corrected chi connectivity index (χ4v) is 4.32. The smallest absolute Gasteiger partial charge is 0.249 e. The van der Waals surface area contributed by atoms with Crippen LogP contribution in [-0.4, -0.2) is 97.5 Å². The Balaban J connectivity index is 1.30. The minimum absolute atomic E-state index is 0.00749. The van der Waals surface area contributed by atoms with E-state index in [1.54, 1.807) is 4.90 Å². The Morgan fingerprint density at radius 2 is 1.85 bits per heavy atom. The number of aromatic nitrogens is 2. The molecule has 2 saturated heterocycles. The fraction of sp³-hybridized carbons (Fsp3) is 0.520. The molecule has 1 aromatic heterocycles. The molecule has 9 heteroatoms. The normalized spacial score (nSPS) is 18.2. The zero-order valence-corrected chi connectivity index (χ0v) is 20.0. The first-order valence-electron chi connectivity index (χ1n) is 11.9. The summed E-state index contributed by atoms with van der Waals surface area (Å²) in [6, 6.07) is 12.2. The molecular formula is C25H33N5O4. The molecule has 182 valence electrons. The second-order valence-corrected chi connectivity index (χ2v) is 8.85. The van der Waals surface area contributed by atoms with Crippen LogP contribution in [0.15, 0.2) is 36.4 Å². The molecule has 0 bridgehead atoms. The highest BCUT2D eigenvalue weighted by Crippen LogP contribution is 2.20. The van der Waals surface area contributed by atoms with Crippen LogP contribution in [0.3, 0.4) is 0 Å². The highest BCUT2D eigenvalue weighted by Gasteiger charge is 2.28. The molecule has 0 saturated carbocycles. The van der Waals surface area contributed by atoms with Crippen molar-refractivity contribution in [2.24, 2.45) is 0 Å². The molecular weight excluding hydrogens is 434 g/mol. The topological polar surface area (TPSA) is 88.1 Å². The molecule has 1 unspecified atom stereocenters. The van der Waals surface area contributed by atoms with E-state index in [1.807, 2.05) is 29.2 Å². The number of amides is 2. The van der Waals surface area contributed by atoms with Gasteiger partial charge in [-0.15, -0.1) is 10.2 Å². The number of carbonyl (C=O) groups is 2. The molecule has 9 nitrogen and oxygen atoms in total. The lowest BCUT2D eigenvalue weighted by molar-refractivity contribution is -0.144. The van der Waals surface area contributed by atoms with Crippen LogP contribution in [0.25, 0.3) is 11.3 Å². The van der Waals surface area contributed by atoms with Gasteiger partial charge in [0.2, 0.25) is 11.8 Å². The lowest BCUT2D eigenvalue weighted by Gasteiger charge is -2.36. The van der Waals surface area contributed by atoms with Gasteiger partial charge >= 0.3 is 0 Å². The van der Waals surface area contributed by atoms with Crippen molar-refractivity contribution >= 4 is 17.6 Å². The molecule has 4 rings (SSSR count). The standard InChI is InChI=1S/C25H33N5O4/c1-19-5-7-20(8-6-19)22-9-10-23(27-26-22)28-11-13-29(14-12-28)24(31)17-30(25(32)18-33-2)16-21-4-3-15-34-21/h5-10,21H,3-4,11-18H2,1-2H3. The number of hydrogen-bond donors (Lipinski definition) is 0. The third kappa shape index (κ3) is 6.09. The van der Waals surface area contributed by atoms with Crippen LogP contribution in [-0.2, 0) is 19.1 Å². The summed E-state index contributed by atoms with van der Waals surface area (Å²) in [6.45, 7) is 5.70. The largest absolute Gasteiger partial charge is 0.376 e. The SMILES string of the molecule is COCC(=O)N(CC(=O)N1CCN(c2ccc(-c3ccc(C)cc3)nn2)CC1)CC1CCCO1. The van der Waals surface area contributed by atoms with Gasteiger partial charge in [-0.3, -0.25) is 9.59 Å². The summed E-state index contributed by atoms with van der Waals surface area (Å²) in [5.74, 6) is 0.565. The second kappa shape index (κ2) is 11.4. The number of methoxy groups -OCH3 is 1. The van der Waals surface area contributed by atoms with Crippen molar-refractivity contribution in [2.75, 3.05) is 64.5 Å². The van der Waals surface area contributed by atoms with Crippen molar-refractivity contribution in [1.82, 2.24) is 20.0 Å². The molecule has 1 aromatic carbocycles. The highest BCUT2D eigenvalue weighted by atomic mass is 16.5. The summed E-state index contributed by atoms with van der Waals surface area (Å²) in [6.07, 6.45) is 1.89. The van der Waals surface area contributed by atoms with E-state index < -0.39 is 0 Å². The first-order valence-corrected chi connectivity index (χ1v) is 11.9. The molecule has 2 amide bonds. The first-order chi connectivity index (χ1) is 16.5. The Bertz CT molecular complexity index is 952. The predicted octanol–water partition coefficient (Wildman–Crippen LogP) is 1.75. The third-order valence-electron chi connectivity index (χ3n) is 6.35. The summed E-state index contributed by atoms with van der Waals surface area (Å²) in [7, 11) is 1.49. The Kier molecular flexibility index (Phi) is 8.08. The maximum absolute atomic E-state index is 13.0. The minimum Gasteiger partial charge on any atom is -0.376 e. The van der Waals surface area contributed by atoms with Crippen LogP contribution in [0.4, 0.5) is 5.82 Å². The molecule has 2 aromatic rings. The van der Waals surface area contributed by atoms with Gasteiger partial charge in [-0.05, 0) is 31.9 Å². The Morgan fingerprint density at radius 3 is 2.47 bits per heavy atom. The summed E-state index contributed by atoms with van der Waals surface area (Å²) in [5.41, 5.74) is 3.08. The quantitative estimate of drug-likeness (QED) is 0.585. The third-order valence-corrected chi connectivity index (χ3v) is 6.35. The second-order valence-electron chi connectivity index (χ2n) is 8.85. The monoisotopic (exact) mass is 467 g/mol. The van der Waals surface area contributed by atoms with Crippen molar-refractivity contribution in [1.29, 1.82) is 0 Å². The van der Waals surface area contributed by atoms with Gasteiger partial charge in [0, 0.05) is 52.0 Å². The molecule has 0 N–H and O–H groups in total. The number of nitrogens with zero attached hydrogens (tertiary/aromatic N) is 5. The summed E-state index contributed by atoms with van der Waals surface area (Å²) in [4.78, 5) is 31.0. The highest BCUT2D eigenvalue weighted by molar-refractivity contribution is 5.85. The molecule has 34 heavy (non-hydrogen) atoms. The van der Waals surface area contributed by atoms with Crippen molar-refractivity contribution in [2.45, 2.75) is 25.9 Å².